The van der Waals surface area contributed by atoms with Gasteiger partial charge in [-0.15, -0.1) is 5.10 Å². The molecule has 1 N–H and O–H groups in total. The Labute approximate surface area is 196 Å². The van der Waals surface area contributed by atoms with E-state index in [2.05, 4.69) is 45.2 Å². The molecule has 0 spiro atoms. The van der Waals surface area contributed by atoms with Crippen molar-refractivity contribution in [2.45, 2.75) is 33.6 Å². The molecule has 0 saturated heterocycles. The minimum Gasteiger partial charge on any atom is -0.319 e. The number of nitrogens with one attached hydrogen (secondary N) is 1. The summed E-state index contributed by atoms with van der Waals surface area (Å²) < 4.78 is 2.72. The van der Waals surface area contributed by atoms with Crippen molar-refractivity contribution in [3.8, 4) is 17.1 Å². The van der Waals surface area contributed by atoms with Crippen LogP contribution in [0.1, 0.15) is 47.1 Å². The van der Waals surface area contributed by atoms with Crippen LogP contribution in [0.25, 0.3) is 17.1 Å². The van der Waals surface area contributed by atoms with E-state index in [1.807, 2.05) is 80.6 Å². The summed E-state index contributed by atoms with van der Waals surface area (Å²) in [5, 5.41) is 7.62. The Kier molecular flexibility index (Phi) is 6.24. The normalized spacial score (nSPS) is 11.1. The highest BCUT2D eigenvalue weighted by Gasteiger charge is 2.21. The first-order chi connectivity index (χ1) is 15.3. The number of anilines is 1. The van der Waals surface area contributed by atoms with Gasteiger partial charge in [-0.3, -0.25) is 4.79 Å². The molecule has 0 aliphatic carbocycles. The number of hydrogen-bond donors (Lipinski definition) is 1. The third kappa shape index (κ3) is 4.50. The summed E-state index contributed by atoms with van der Waals surface area (Å²) in [4.78, 5) is 17.8. The van der Waals surface area contributed by atoms with Gasteiger partial charge in [0.25, 0.3) is 5.91 Å². The molecule has 0 atom stereocenters. The maximum absolute atomic E-state index is 13.2. The van der Waals surface area contributed by atoms with Gasteiger partial charge in [-0.05, 0) is 55.2 Å². The number of aromatic nitrogens is 3. The molecule has 0 aliphatic rings. The van der Waals surface area contributed by atoms with Crippen molar-refractivity contribution in [1.82, 2.24) is 14.8 Å². The third-order valence-corrected chi connectivity index (χ3v) is 5.84. The molecule has 162 valence electrons. The quantitative estimate of drug-likeness (QED) is 0.340. The predicted octanol–water partition coefficient (Wildman–Crippen LogP) is 6.69. The Bertz CT molecular complexity index is 1280. The lowest BCUT2D eigenvalue weighted by atomic mass is 10.0. The van der Waals surface area contributed by atoms with E-state index in [1.165, 1.54) is 0 Å². The van der Waals surface area contributed by atoms with Crippen molar-refractivity contribution in [3.63, 3.8) is 0 Å². The molecule has 0 bridgehead atoms. The van der Waals surface area contributed by atoms with Crippen molar-refractivity contribution in [3.05, 3.63) is 93.7 Å². The molecule has 0 unspecified atom stereocenters. The zero-order valence-electron chi connectivity index (χ0n) is 18.6. The van der Waals surface area contributed by atoms with Crippen LogP contribution >= 0.6 is 15.9 Å². The second kappa shape index (κ2) is 9.09. The van der Waals surface area contributed by atoms with Gasteiger partial charge in [-0.25, -0.2) is 9.67 Å². The van der Waals surface area contributed by atoms with Gasteiger partial charge in [0.2, 0.25) is 5.82 Å². The molecule has 32 heavy (non-hydrogen) atoms. The van der Waals surface area contributed by atoms with Gasteiger partial charge in [0, 0.05) is 15.7 Å². The van der Waals surface area contributed by atoms with Crippen molar-refractivity contribution >= 4 is 27.5 Å². The average Bonchev–Trinajstić information content (AvgIpc) is 3.21. The molecule has 0 saturated carbocycles. The Balaban J connectivity index is 1.77. The number of rotatable bonds is 5. The van der Waals surface area contributed by atoms with Gasteiger partial charge in [-0.2, -0.15) is 0 Å². The number of para-hydroxylation sites is 1. The Morgan fingerprint density at radius 1 is 1.00 bits per heavy atom. The summed E-state index contributed by atoms with van der Waals surface area (Å²) in [6, 6.07) is 21.8. The van der Waals surface area contributed by atoms with Crippen LogP contribution in [0.4, 0.5) is 5.69 Å². The molecule has 1 aromatic heterocycles. The lowest BCUT2D eigenvalue weighted by Crippen LogP contribution is -2.16. The summed E-state index contributed by atoms with van der Waals surface area (Å²) in [5.41, 5.74) is 5.80. The van der Waals surface area contributed by atoms with E-state index in [4.69, 9.17) is 0 Å². The van der Waals surface area contributed by atoms with Crippen LogP contribution in [0, 0.1) is 13.8 Å². The fourth-order valence-corrected chi connectivity index (χ4v) is 3.95. The number of nitrogens with zero attached hydrogens (tertiary/aromatic N) is 3. The SMILES string of the molecule is Cc1ccc(-c2nc(C(=O)Nc3ccc(Br)cc3C(C)C)nn2-c2ccccc2C)cc1. The van der Waals surface area contributed by atoms with Crippen LogP contribution in [-0.4, -0.2) is 20.7 Å². The van der Waals surface area contributed by atoms with E-state index in [1.54, 1.807) is 4.68 Å². The minimum atomic E-state index is -0.338. The van der Waals surface area contributed by atoms with Gasteiger partial charge >= 0.3 is 0 Å². The lowest BCUT2D eigenvalue weighted by molar-refractivity contribution is 0.101. The van der Waals surface area contributed by atoms with Gasteiger partial charge in [0.15, 0.2) is 5.82 Å². The lowest BCUT2D eigenvalue weighted by Gasteiger charge is -2.13. The fourth-order valence-electron chi connectivity index (χ4n) is 3.57. The van der Waals surface area contributed by atoms with E-state index in [0.717, 1.165) is 38.1 Å². The summed E-state index contributed by atoms with van der Waals surface area (Å²) in [7, 11) is 0. The molecular formula is C26H25BrN4O. The number of aryl methyl sites for hydroxylation is 2. The molecule has 5 nitrogen and oxygen atoms in total. The fraction of sp³-hybridized carbons (Fsp3) is 0.192. The van der Waals surface area contributed by atoms with Crippen molar-refractivity contribution in [1.29, 1.82) is 0 Å². The summed E-state index contributed by atoms with van der Waals surface area (Å²) >= 11 is 3.51. The van der Waals surface area contributed by atoms with Gasteiger partial charge in [0.1, 0.15) is 0 Å². The van der Waals surface area contributed by atoms with E-state index in [-0.39, 0.29) is 17.6 Å². The van der Waals surface area contributed by atoms with Crippen molar-refractivity contribution < 1.29 is 4.79 Å². The summed E-state index contributed by atoms with van der Waals surface area (Å²) in [5.74, 6) is 0.670. The molecule has 0 fully saturated rings. The van der Waals surface area contributed by atoms with E-state index in [0.29, 0.717) is 5.82 Å². The number of amides is 1. The highest BCUT2D eigenvalue weighted by molar-refractivity contribution is 9.10. The first-order valence-electron chi connectivity index (χ1n) is 10.5. The van der Waals surface area contributed by atoms with Gasteiger partial charge < -0.3 is 5.32 Å². The molecule has 4 aromatic rings. The van der Waals surface area contributed by atoms with E-state index in [9.17, 15) is 4.79 Å². The molecule has 4 rings (SSSR count). The van der Waals surface area contributed by atoms with Crippen LogP contribution in [0.5, 0.6) is 0 Å². The monoisotopic (exact) mass is 488 g/mol. The Hall–Kier alpha value is -3.25. The second-order valence-electron chi connectivity index (χ2n) is 8.16. The number of carbonyl (C=O) groups is 1. The highest BCUT2D eigenvalue weighted by atomic mass is 79.9. The number of hydrogen-bond acceptors (Lipinski definition) is 3. The van der Waals surface area contributed by atoms with E-state index < -0.39 is 0 Å². The van der Waals surface area contributed by atoms with Gasteiger partial charge in [0.05, 0.1) is 5.69 Å². The Morgan fingerprint density at radius 3 is 2.41 bits per heavy atom. The summed E-state index contributed by atoms with van der Waals surface area (Å²) in [6.07, 6.45) is 0. The maximum Gasteiger partial charge on any atom is 0.295 e. The third-order valence-electron chi connectivity index (χ3n) is 5.35. The predicted molar refractivity (Wildman–Crippen MR) is 132 cm³/mol. The Morgan fingerprint density at radius 2 is 1.72 bits per heavy atom. The highest BCUT2D eigenvalue weighted by Crippen LogP contribution is 2.29. The number of halogens is 1. The first kappa shape index (κ1) is 22.0. The second-order valence-corrected chi connectivity index (χ2v) is 9.08. The zero-order valence-corrected chi connectivity index (χ0v) is 20.1. The van der Waals surface area contributed by atoms with E-state index >= 15 is 0 Å². The maximum atomic E-state index is 13.2. The van der Waals surface area contributed by atoms with Crippen LogP contribution in [0.15, 0.2) is 71.2 Å². The molecule has 1 heterocycles. The average molecular weight is 489 g/mol. The first-order valence-corrected chi connectivity index (χ1v) is 11.3. The molecule has 3 aromatic carbocycles. The topological polar surface area (TPSA) is 59.8 Å². The smallest absolute Gasteiger partial charge is 0.295 e. The largest absolute Gasteiger partial charge is 0.319 e. The van der Waals surface area contributed by atoms with Crippen LogP contribution in [0.2, 0.25) is 0 Å². The molecule has 0 aliphatic heterocycles. The van der Waals surface area contributed by atoms with Crippen molar-refractivity contribution in [2.24, 2.45) is 0 Å². The zero-order chi connectivity index (χ0) is 22.8. The molecular weight excluding hydrogens is 464 g/mol. The summed E-state index contributed by atoms with van der Waals surface area (Å²) in [6.45, 7) is 8.25. The minimum absolute atomic E-state index is 0.126. The van der Waals surface area contributed by atoms with Crippen molar-refractivity contribution in [2.75, 3.05) is 5.32 Å². The van der Waals surface area contributed by atoms with Gasteiger partial charge in [-0.1, -0.05) is 77.8 Å². The standard InChI is InChI=1S/C26H25BrN4O/c1-16(2)21-15-20(27)13-14-22(21)28-26(32)24-29-25(19-11-9-17(3)10-12-19)31(30-24)23-8-6-5-7-18(23)4/h5-16H,1-4H3,(H,28,32). The number of carbonyl (C=O) groups excluding carboxylic acids is 1. The van der Waals surface area contributed by atoms with Crippen LogP contribution in [0.3, 0.4) is 0 Å². The number of benzene rings is 3. The van der Waals surface area contributed by atoms with Crippen LogP contribution in [-0.2, 0) is 0 Å². The molecule has 6 heteroatoms. The van der Waals surface area contributed by atoms with Crippen LogP contribution < -0.4 is 5.32 Å². The molecule has 0 radical (unpaired) electrons. The molecule has 1 amide bonds.